The van der Waals surface area contributed by atoms with Crippen LogP contribution in [0.25, 0.3) is 0 Å². The van der Waals surface area contributed by atoms with Crippen molar-refractivity contribution in [1.29, 1.82) is 0 Å². The molecule has 0 saturated carbocycles. The van der Waals surface area contributed by atoms with E-state index < -0.39 is 10.8 Å². The molecule has 17 heavy (non-hydrogen) atoms. The highest BCUT2D eigenvalue weighted by Crippen LogP contribution is 2.24. The normalized spacial score (nSPS) is 21.4. The van der Waals surface area contributed by atoms with E-state index in [0.29, 0.717) is 22.1 Å². The molecule has 4 nitrogen and oxygen atoms in total. The average Bonchev–Trinajstić information content (AvgIpc) is 2.82. The molecule has 1 aliphatic heterocycles. The van der Waals surface area contributed by atoms with Crippen LogP contribution in [0.1, 0.15) is 12.8 Å². The quantitative estimate of drug-likeness (QED) is 0.829. The van der Waals surface area contributed by atoms with Gasteiger partial charge in [0.25, 0.3) is 0 Å². The van der Waals surface area contributed by atoms with Gasteiger partial charge in [0.2, 0.25) is 0 Å². The minimum absolute atomic E-state index is 0.0986. The van der Waals surface area contributed by atoms with Gasteiger partial charge in [-0.25, -0.2) is 0 Å². The highest BCUT2D eigenvalue weighted by atomic mass is 32.2. The van der Waals surface area contributed by atoms with E-state index in [2.05, 4.69) is 0 Å². The van der Waals surface area contributed by atoms with Crippen LogP contribution in [0.3, 0.4) is 0 Å². The molecule has 2 unspecified atom stereocenters. The van der Waals surface area contributed by atoms with Crippen molar-refractivity contribution >= 4 is 16.5 Å². The van der Waals surface area contributed by atoms with Gasteiger partial charge in [-0.2, -0.15) is 0 Å². The smallest absolute Gasteiger partial charge is 0.120 e. The van der Waals surface area contributed by atoms with Crippen molar-refractivity contribution in [2.75, 3.05) is 25.2 Å². The molecule has 1 heterocycles. The highest BCUT2D eigenvalue weighted by Gasteiger charge is 2.20. The van der Waals surface area contributed by atoms with Gasteiger partial charge in [0.1, 0.15) is 5.75 Å². The van der Waals surface area contributed by atoms with Crippen molar-refractivity contribution in [2.24, 2.45) is 0 Å². The fraction of sp³-hybridized carbons (Fsp3) is 0.500. The number of rotatable bonds is 4. The first-order chi connectivity index (χ1) is 8.20. The fourth-order valence-corrected chi connectivity index (χ4v) is 3.23. The summed E-state index contributed by atoms with van der Waals surface area (Å²) in [7, 11) is 0.455. The third-order valence-electron chi connectivity index (χ3n) is 2.83. The van der Waals surface area contributed by atoms with Gasteiger partial charge < -0.3 is 15.2 Å². The van der Waals surface area contributed by atoms with E-state index in [1.807, 2.05) is 0 Å². The van der Waals surface area contributed by atoms with E-state index in [1.54, 1.807) is 25.3 Å². The number of hydrogen-bond acceptors (Lipinski definition) is 4. The summed E-state index contributed by atoms with van der Waals surface area (Å²) in [5, 5.41) is 0. The van der Waals surface area contributed by atoms with Crippen molar-refractivity contribution < 1.29 is 13.7 Å². The number of nitrogens with two attached hydrogens (primary N) is 1. The van der Waals surface area contributed by atoms with Gasteiger partial charge in [0, 0.05) is 12.3 Å². The molecule has 1 aromatic carbocycles. The summed E-state index contributed by atoms with van der Waals surface area (Å²) in [6.45, 7) is 0.773. The number of ether oxygens (including phenoxy) is 2. The van der Waals surface area contributed by atoms with Gasteiger partial charge in [0.15, 0.2) is 0 Å². The lowest BCUT2D eigenvalue weighted by atomic mass is 10.3. The largest absolute Gasteiger partial charge is 0.497 e. The summed E-state index contributed by atoms with van der Waals surface area (Å²) in [6.07, 6.45) is 2.13. The minimum atomic E-state index is -1.13. The summed E-state index contributed by atoms with van der Waals surface area (Å²) in [6, 6.07) is 5.23. The second kappa shape index (κ2) is 5.51. The van der Waals surface area contributed by atoms with E-state index in [4.69, 9.17) is 15.2 Å². The maximum absolute atomic E-state index is 12.2. The fourth-order valence-electron chi connectivity index (χ4n) is 1.87. The Morgan fingerprint density at radius 1 is 1.59 bits per heavy atom. The van der Waals surface area contributed by atoms with E-state index in [0.717, 1.165) is 19.4 Å². The van der Waals surface area contributed by atoms with Gasteiger partial charge in [-0.1, -0.05) is 0 Å². The third-order valence-corrected chi connectivity index (χ3v) is 4.35. The Hall–Kier alpha value is -1.07. The molecule has 0 aromatic heterocycles. The number of anilines is 1. The first kappa shape index (κ1) is 12.4. The molecule has 1 aromatic rings. The number of benzene rings is 1. The molecule has 2 N–H and O–H groups in total. The molecule has 1 aliphatic rings. The second-order valence-corrected chi connectivity index (χ2v) is 5.52. The Labute approximate surface area is 104 Å². The van der Waals surface area contributed by atoms with Crippen LogP contribution in [0.4, 0.5) is 5.69 Å². The lowest BCUT2D eigenvalue weighted by molar-refractivity contribution is 0.128. The van der Waals surface area contributed by atoms with Gasteiger partial charge in [-0.05, 0) is 31.0 Å². The van der Waals surface area contributed by atoms with Crippen molar-refractivity contribution in [3.63, 3.8) is 0 Å². The maximum atomic E-state index is 12.2. The summed E-state index contributed by atoms with van der Waals surface area (Å²) in [5.41, 5.74) is 6.37. The third kappa shape index (κ3) is 2.98. The Kier molecular flexibility index (Phi) is 4.02. The highest BCUT2D eigenvalue weighted by molar-refractivity contribution is 7.85. The average molecular weight is 255 g/mol. The van der Waals surface area contributed by atoms with E-state index in [1.165, 1.54) is 0 Å². The summed E-state index contributed by atoms with van der Waals surface area (Å²) in [5.74, 6) is 1.19. The van der Waals surface area contributed by atoms with Gasteiger partial charge in [-0.15, -0.1) is 0 Å². The molecule has 0 aliphatic carbocycles. The topological polar surface area (TPSA) is 61.5 Å². The molecule has 1 fully saturated rings. The Morgan fingerprint density at radius 3 is 3.06 bits per heavy atom. The van der Waals surface area contributed by atoms with Crippen LogP contribution in [0.5, 0.6) is 5.75 Å². The van der Waals surface area contributed by atoms with Gasteiger partial charge in [-0.3, -0.25) is 4.21 Å². The summed E-state index contributed by atoms with van der Waals surface area (Å²) >= 11 is 0. The monoisotopic (exact) mass is 255 g/mol. The second-order valence-electron chi connectivity index (χ2n) is 4.05. The molecule has 0 spiro atoms. The van der Waals surface area contributed by atoms with Gasteiger partial charge >= 0.3 is 0 Å². The van der Waals surface area contributed by atoms with Crippen LogP contribution in [0.15, 0.2) is 23.1 Å². The molecular formula is C12H17NO3S. The standard InChI is InChI=1S/C12H17NO3S/c1-15-9-4-5-11(13)12(7-9)17(14)8-10-3-2-6-16-10/h4-5,7,10H,2-3,6,8,13H2,1H3. The molecule has 1 saturated heterocycles. The number of hydrogen-bond donors (Lipinski definition) is 1. The lowest BCUT2D eigenvalue weighted by Gasteiger charge is -2.11. The molecule has 0 radical (unpaired) electrons. The summed E-state index contributed by atoms with van der Waals surface area (Å²) < 4.78 is 22.8. The molecule has 5 heteroatoms. The van der Waals surface area contributed by atoms with Crippen molar-refractivity contribution in [2.45, 2.75) is 23.8 Å². The maximum Gasteiger partial charge on any atom is 0.120 e. The summed E-state index contributed by atoms with van der Waals surface area (Å²) in [4.78, 5) is 0.639. The zero-order chi connectivity index (χ0) is 12.3. The number of nitrogen functional groups attached to an aromatic ring is 1. The first-order valence-electron chi connectivity index (χ1n) is 5.64. The molecule has 0 amide bonds. The van der Waals surface area contributed by atoms with E-state index in [-0.39, 0.29) is 6.10 Å². The number of methoxy groups -OCH3 is 1. The lowest BCUT2D eigenvalue weighted by Crippen LogP contribution is -2.16. The van der Waals surface area contributed by atoms with Crippen LogP contribution in [-0.2, 0) is 15.5 Å². The zero-order valence-electron chi connectivity index (χ0n) is 9.85. The van der Waals surface area contributed by atoms with Crippen molar-refractivity contribution in [1.82, 2.24) is 0 Å². The molecule has 2 atom stereocenters. The zero-order valence-corrected chi connectivity index (χ0v) is 10.7. The van der Waals surface area contributed by atoms with E-state index in [9.17, 15) is 4.21 Å². The van der Waals surface area contributed by atoms with Crippen molar-refractivity contribution in [3.8, 4) is 5.75 Å². The van der Waals surface area contributed by atoms with Gasteiger partial charge in [0.05, 0.1) is 34.7 Å². The van der Waals surface area contributed by atoms with Crippen LogP contribution in [0.2, 0.25) is 0 Å². The minimum Gasteiger partial charge on any atom is -0.497 e. The molecular weight excluding hydrogens is 238 g/mol. The predicted molar refractivity (Wildman–Crippen MR) is 67.7 cm³/mol. The van der Waals surface area contributed by atoms with Crippen molar-refractivity contribution in [3.05, 3.63) is 18.2 Å². The van der Waals surface area contributed by atoms with Crippen LogP contribution in [0, 0.1) is 0 Å². The molecule has 0 bridgehead atoms. The SMILES string of the molecule is COc1ccc(N)c(S(=O)CC2CCCO2)c1. The van der Waals surface area contributed by atoms with E-state index >= 15 is 0 Å². The Bertz CT molecular complexity index is 416. The Balaban J connectivity index is 2.11. The molecule has 2 rings (SSSR count). The first-order valence-corrected chi connectivity index (χ1v) is 6.96. The van der Waals surface area contributed by atoms with Crippen LogP contribution < -0.4 is 10.5 Å². The Morgan fingerprint density at radius 2 is 2.41 bits per heavy atom. The predicted octanol–water partition coefficient (Wildman–Crippen LogP) is 1.56. The van der Waals surface area contributed by atoms with Crippen LogP contribution >= 0.6 is 0 Å². The molecule has 94 valence electrons. The van der Waals surface area contributed by atoms with Crippen LogP contribution in [-0.4, -0.2) is 29.8 Å².